The van der Waals surface area contributed by atoms with Crippen molar-refractivity contribution in [3.8, 4) is 0 Å². The number of hydrogen-bond donors (Lipinski definition) is 1. The Morgan fingerprint density at radius 1 is 1.54 bits per heavy atom. The number of methoxy groups -OCH3 is 1. The summed E-state index contributed by atoms with van der Waals surface area (Å²) < 4.78 is 5.02. The van der Waals surface area contributed by atoms with Gasteiger partial charge in [-0.1, -0.05) is 6.08 Å². The molecule has 0 aliphatic rings. The van der Waals surface area contributed by atoms with Crippen molar-refractivity contribution in [2.75, 3.05) is 33.4 Å². The van der Waals surface area contributed by atoms with E-state index in [4.69, 9.17) is 10.5 Å². The normalized spacial score (nSPS) is 13.2. The van der Waals surface area contributed by atoms with Crippen LogP contribution >= 0.6 is 0 Å². The fourth-order valence-electron chi connectivity index (χ4n) is 1.08. The Labute approximate surface area is 81.5 Å². The van der Waals surface area contributed by atoms with Crippen molar-refractivity contribution in [2.45, 2.75) is 19.4 Å². The predicted molar refractivity (Wildman–Crippen MR) is 56.8 cm³/mol. The van der Waals surface area contributed by atoms with Gasteiger partial charge in [-0.25, -0.2) is 0 Å². The van der Waals surface area contributed by atoms with Gasteiger partial charge in [-0.15, -0.1) is 6.58 Å². The molecule has 1 unspecified atom stereocenters. The molecule has 0 aromatic rings. The summed E-state index contributed by atoms with van der Waals surface area (Å²) in [5.74, 6) is 0. The van der Waals surface area contributed by atoms with E-state index in [-0.39, 0.29) is 6.04 Å². The molecule has 78 valence electrons. The van der Waals surface area contributed by atoms with Gasteiger partial charge in [0.15, 0.2) is 0 Å². The molecule has 3 nitrogen and oxygen atoms in total. The summed E-state index contributed by atoms with van der Waals surface area (Å²) in [6, 6.07) is 0.273. The molecule has 0 fully saturated rings. The Kier molecular flexibility index (Phi) is 7.99. The first-order chi connectivity index (χ1) is 6.20. The Balaban J connectivity index is 3.59. The third-order valence-electron chi connectivity index (χ3n) is 1.90. The third kappa shape index (κ3) is 7.96. The van der Waals surface area contributed by atoms with E-state index in [0.717, 1.165) is 32.7 Å². The van der Waals surface area contributed by atoms with Gasteiger partial charge in [0.1, 0.15) is 0 Å². The first-order valence-corrected chi connectivity index (χ1v) is 4.78. The molecule has 0 aromatic heterocycles. The number of ether oxygens (including phenoxy) is 1. The average molecular weight is 186 g/mol. The second-order valence-corrected chi connectivity index (χ2v) is 3.35. The largest absolute Gasteiger partial charge is 0.383 e. The highest BCUT2D eigenvalue weighted by molar-refractivity contribution is 4.74. The average Bonchev–Trinajstić information content (AvgIpc) is 2.09. The summed E-state index contributed by atoms with van der Waals surface area (Å²) in [5.41, 5.74) is 5.68. The summed E-state index contributed by atoms with van der Waals surface area (Å²) in [6.07, 6.45) is 2.94. The van der Waals surface area contributed by atoms with Crippen LogP contribution in [0.5, 0.6) is 0 Å². The second-order valence-electron chi connectivity index (χ2n) is 3.35. The smallest absolute Gasteiger partial charge is 0.0589 e. The van der Waals surface area contributed by atoms with E-state index in [2.05, 4.69) is 11.5 Å². The van der Waals surface area contributed by atoms with Crippen LogP contribution in [0.25, 0.3) is 0 Å². The van der Waals surface area contributed by atoms with E-state index in [9.17, 15) is 0 Å². The van der Waals surface area contributed by atoms with E-state index < -0.39 is 0 Å². The van der Waals surface area contributed by atoms with Crippen molar-refractivity contribution in [3.63, 3.8) is 0 Å². The summed E-state index contributed by atoms with van der Waals surface area (Å²) in [5, 5.41) is 0. The Bertz CT molecular complexity index is 126. The van der Waals surface area contributed by atoms with Gasteiger partial charge in [0, 0.05) is 32.8 Å². The lowest BCUT2D eigenvalue weighted by molar-refractivity contribution is 0.152. The maximum atomic E-state index is 5.68. The van der Waals surface area contributed by atoms with Crippen LogP contribution in [0.1, 0.15) is 13.3 Å². The minimum absolute atomic E-state index is 0.273. The number of rotatable bonds is 8. The molecule has 0 aliphatic carbocycles. The zero-order valence-electron chi connectivity index (χ0n) is 8.83. The van der Waals surface area contributed by atoms with Gasteiger partial charge < -0.3 is 10.5 Å². The number of hydrogen-bond acceptors (Lipinski definition) is 3. The van der Waals surface area contributed by atoms with Crippen molar-refractivity contribution in [3.05, 3.63) is 12.7 Å². The van der Waals surface area contributed by atoms with Crippen molar-refractivity contribution in [2.24, 2.45) is 5.73 Å². The highest BCUT2D eigenvalue weighted by Gasteiger charge is 2.03. The lowest BCUT2D eigenvalue weighted by Gasteiger charge is -2.20. The van der Waals surface area contributed by atoms with Gasteiger partial charge in [0.25, 0.3) is 0 Å². The van der Waals surface area contributed by atoms with E-state index in [1.54, 1.807) is 7.11 Å². The lowest BCUT2D eigenvalue weighted by Crippen LogP contribution is -2.32. The molecule has 0 amide bonds. The molecule has 0 saturated heterocycles. The van der Waals surface area contributed by atoms with Crippen LogP contribution in [-0.2, 0) is 4.74 Å². The van der Waals surface area contributed by atoms with Crippen LogP contribution in [0.3, 0.4) is 0 Å². The molecule has 0 aromatic carbocycles. The standard InChI is InChI=1S/C10H22N2O/c1-4-6-12(8-9-13-3)7-5-10(2)11/h4,10H,1,5-9,11H2,2-3H3. The molecule has 0 saturated carbocycles. The predicted octanol–water partition coefficient (Wildman–Crippen LogP) is 0.858. The van der Waals surface area contributed by atoms with Crippen molar-refractivity contribution in [1.82, 2.24) is 4.90 Å². The molecular formula is C10H22N2O. The van der Waals surface area contributed by atoms with Crippen molar-refractivity contribution >= 4 is 0 Å². The fraction of sp³-hybridized carbons (Fsp3) is 0.800. The molecule has 0 aliphatic heterocycles. The molecule has 0 bridgehead atoms. The van der Waals surface area contributed by atoms with E-state index >= 15 is 0 Å². The Hall–Kier alpha value is -0.380. The fourth-order valence-corrected chi connectivity index (χ4v) is 1.08. The number of nitrogens with two attached hydrogens (primary N) is 1. The van der Waals surface area contributed by atoms with Gasteiger partial charge in [-0.05, 0) is 13.3 Å². The minimum Gasteiger partial charge on any atom is -0.383 e. The number of nitrogens with zero attached hydrogens (tertiary/aromatic N) is 1. The van der Waals surface area contributed by atoms with Gasteiger partial charge in [0.05, 0.1) is 6.61 Å². The van der Waals surface area contributed by atoms with E-state index in [1.165, 1.54) is 0 Å². The van der Waals surface area contributed by atoms with Gasteiger partial charge >= 0.3 is 0 Å². The van der Waals surface area contributed by atoms with E-state index in [1.807, 2.05) is 13.0 Å². The zero-order valence-corrected chi connectivity index (χ0v) is 8.83. The topological polar surface area (TPSA) is 38.5 Å². The molecule has 3 heteroatoms. The quantitative estimate of drug-likeness (QED) is 0.571. The second kappa shape index (κ2) is 8.23. The van der Waals surface area contributed by atoms with Crippen molar-refractivity contribution < 1.29 is 4.74 Å². The van der Waals surface area contributed by atoms with Gasteiger partial charge in [-0.2, -0.15) is 0 Å². The van der Waals surface area contributed by atoms with Crippen LogP contribution in [0.4, 0.5) is 0 Å². The maximum Gasteiger partial charge on any atom is 0.0589 e. The van der Waals surface area contributed by atoms with Crippen LogP contribution < -0.4 is 5.73 Å². The highest BCUT2D eigenvalue weighted by Crippen LogP contribution is 1.94. The van der Waals surface area contributed by atoms with Crippen LogP contribution in [0, 0.1) is 0 Å². The summed E-state index contributed by atoms with van der Waals surface area (Å²) in [7, 11) is 1.72. The summed E-state index contributed by atoms with van der Waals surface area (Å²) >= 11 is 0. The maximum absolute atomic E-state index is 5.68. The molecule has 13 heavy (non-hydrogen) atoms. The monoisotopic (exact) mass is 186 g/mol. The van der Waals surface area contributed by atoms with Crippen LogP contribution in [0.15, 0.2) is 12.7 Å². The Morgan fingerprint density at radius 2 is 2.23 bits per heavy atom. The molecule has 1 atom stereocenters. The molecule has 0 spiro atoms. The summed E-state index contributed by atoms with van der Waals surface area (Å²) in [6.45, 7) is 9.41. The lowest BCUT2D eigenvalue weighted by atomic mass is 10.2. The molecule has 0 rings (SSSR count). The molecule has 0 heterocycles. The third-order valence-corrected chi connectivity index (χ3v) is 1.90. The van der Waals surface area contributed by atoms with Crippen molar-refractivity contribution in [1.29, 1.82) is 0 Å². The Morgan fingerprint density at radius 3 is 2.69 bits per heavy atom. The molecule has 2 N–H and O–H groups in total. The van der Waals surface area contributed by atoms with Gasteiger partial charge in [-0.3, -0.25) is 4.90 Å². The first-order valence-electron chi connectivity index (χ1n) is 4.78. The zero-order chi connectivity index (χ0) is 10.1. The SMILES string of the molecule is C=CCN(CCOC)CCC(C)N. The highest BCUT2D eigenvalue weighted by atomic mass is 16.5. The first kappa shape index (κ1) is 12.6. The van der Waals surface area contributed by atoms with E-state index in [0.29, 0.717) is 0 Å². The van der Waals surface area contributed by atoms with Crippen LogP contribution in [-0.4, -0.2) is 44.3 Å². The summed E-state index contributed by atoms with van der Waals surface area (Å²) in [4.78, 5) is 2.29. The van der Waals surface area contributed by atoms with Crippen LogP contribution in [0.2, 0.25) is 0 Å². The molecule has 0 radical (unpaired) electrons. The molecular weight excluding hydrogens is 164 g/mol. The van der Waals surface area contributed by atoms with Gasteiger partial charge in [0.2, 0.25) is 0 Å². The minimum atomic E-state index is 0.273.